The van der Waals surface area contributed by atoms with Crippen molar-refractivity contribution in [3.05, 3.63) is 0 Å². The van der Waals surface area contributed by atoms with Crippen LogP contribution in [-0.2, 0) is 28.4 Å². The summed E-state index contributed by atoms with van der Waals surface area (Å²) in [6.07, 6.45) is -131. The zero-order chi connectivity index (χ0) is 61.2. The van der Waals surface area contributed by atoms with Gasteiger partial charge in [-0.2, -0.15) is 202 Å². The van der Waals surface area contributed by atoms with Crippen molar-refractivity contribution in [2.75, 3.05) is 0 Å². The average molecular weight is 1230 g/mol. The third-order valence-corrected chi connectivity index (χ3v) is 7.15. The Bertz CT molecular complexity index is 1810. The summed E-state index contributed by atoms with van der Waals surface area (Å²) in [6.45, 7) is 0. The highest BCUT2D eigenvalue weighted by molar-refractivity contribution is 5.05. The quantitative estimate of drug-likeness (QED) is 0.120. The molecule has 6 unspecified atom stereocenters. The first-order valence-corrected chi connectivity index (χ1v) is 14.9. The smallest absolute Gasteiger partial charge is 0.265 e. The van der Waals surface area contributed by atoms with Gasteiger partial charge in [0.25, 0.3) is 0 Å². The number of hydrogen-bond donors (Lipinski definition) is 0. The van der Waals surface area contributed by atoms with Gasteiger partial charge in [0.15, 0.2) is 0 Å². The van der Waals surface area contributed by atoms with E-state index in [9.17, 15) is 193 Å². The summed E-state index contributed by atoms with van der Waals surface area (Å²) >= 11 is 0. The van der Waals surface area contributed by atoms with Crippen LogP contribution < -0.4 is 0 Å². The van der Waals surface area contributed by atoms with Crippen LogP contribution in [0.25, 0.3) is 0 Å². The fourth-order valence-electron chi connectivity index (χ4n) is 3.52. The van der Waals surface area contributed by atoms with E-state index in [2.05, 4.69) is 0 Å². The van der Waals surface area contributed by atoms with Crippen LogP contribution in [0.4, 0.5) is 202 Å². The molecule has 446 valence electrons. The van der Waals surface area contributed by atoms with Crippen LogP contribution in [0.5, 0.6) is 0 Å². The van der Waals surface area contributed by atoms with E-state index in [1.807, 2.05) is 0 Å². The van der Waals surface area contributed by atoms with E-state index >= 15 is 8.78 Å². The Balaban J connectivity index is 8.62. The molecule has 0 saturated heterocycles. The predicted octanol–water partition coefficient (Wildman–Crippen LogP) is 14.4. The van der Waals surface area contributed by atoms with Gasteiger partial charge in [0, 0.05) is 0 Å². The maximum absolute atomic E-state index is 15.1. The molecule has 0 radical (unpaired) electrons. The second kappa shape index (κ2) is 18.0. The van der Waals surface area contributed by atoms with Crippen molar-refractivity contribution in [3.63, 3.8) is 0 Å². The lowest BCUT2D eigenvalue weighted by Gasteiger charge is -2.47. The van der Waals surface area contributed by atoms with Gasteiger partial charge in [-0.05, 0) is 0 Å². The van der Waals surface area contributed by atoms with Crippen molar-refractivity contribution in [2.45, 2.75) is 133 Å². The normalized spacial score (nSPS) is 21.0. The molecule has 0 fully saturated rings. The molecule has 0 aromatic carbocycles. The molecule has 0 aliphatic carbocycles. The fraction of sp³-hybridized carbons (Fsp3) is 1.00. The first kappa shape index (κ1) is 70.5. The molecule has 0 rings (SSSR count). The van der Waals surface area contributed by atoms with E-state index in [0.29, 0.717) is 28.4 Å². The summed E-state index contributed by atoms with van der Waals surface area (Å²) in [5.74, 6) is -77.3. The average Bonchev–Trinajstić information content (AvgIpc) is 3.05. The lowest BCUT2D eigenvalue weighted by molar-refractivity contribution is -0.608. The van der Waals surface area contributed by atoms with E-state index < -0.39 is 133 Å². The minimum Gasteiger partial charge on any atom is -0.265 e. The van der Waals surface area contributed by atoms with Crippen molar-refractivity contribution in [2.24, 2.45) is 0 Å². The molecule has 0 amide bonds. The molecule has 0 bridgehead atoms. The van der Waals surface area contributed by atoms with E-state index in [0.717, 1.165) is 0 Å². The lowest BCUT2D eigenvalue weighted by atomic mass is 10.1. The standard InChI is InChI=1S/C22F46O6/c23-1(24,9(33,34)35)17(57,58)71-5(29,13(45,46)47)21(65,66)73-7(31,15(51,52)53)19(61,62)69-3(27,11(39,40)41)4(28,12(42,43)44)70-20(63,64)8(32,16(54,55)56)74-22(67,68)6(30,14(48,49)50)72-18(59,60)2(25,26)10(36,37)38. The Morgan fingerprint density at radius 3 is 0.338 bits per heavy atom. The van der Waals surface area contributed by atoms with E-state index in [-0.39, 0.29) is 0 Å². The zero-order valence-electron chi connectivity index (χ0n) is 30.8. The molecule has 0 aromatic heterocycles. The van der Waals surface area contributed by atoms with Crippen molar-refractivity contribution in [1.82, 2.24) is 0 Å². The molecule has 0 N–H and O–H groups in total. The molecule has 0 spiro atoms. The molecule has 52 heteroatoms. The predicted molar refractivity (Wildman–Crippen MR) is 118 cm³/mol. The van der Waals surface area contributed by atoms with Crippen LogP contribution >= 0.6 is 0 Å². The molecule has 0 heterocycles. The highest BCUT2D eigenvalue weighted by Gasteiger charge is 2.94. The molecular weight excluding hydrogens is 1230 g/mol. The van der Waals surface area contributed by atoms with Crippen molar-refractivity contribution < 1.29 is 230 Å². The molecule has 74 heavy (non-hydrogen) atoms. The number of rotatable bonds is 19. The topological polar surface area (TPSA) is 55.4 Å². The molecular formula is C22F46O6. The largest absolute Gasteiger partial charge is 0.462 e. The van der Waals surface area contributed by atoms with Gasteiger partial charge in [-0.1, -0.05) is 0 Å². The maximum Gasteiger partial charge on any atom is 0.462 e. The summed E-state index contributed by atoms with van der Waals surface area (Å²) in [4.78, 5) is 0. The van der Waals surface area contributed by atoms with Gasteiger partial charge in [0.2, 0.25) is 0 Å². The van der Waals surface area contributed by atoms with Crippen molar-refractivity contribution in [3.8, 4) is 0 Å². The Morgan fingerprint density at radius 1 is 0.122 bits per heavy atom. The minimum atomic E-state index is -10.4. The Labute approximate surface area is 365 Å². The molecule has 6 atom stereocenters. The van der Waals surface area contributed by atoms with Gasteiger partial charge in [-0.15, -0.1) is 0 Å². The van der Waals surface area contributed by atoms with E-state index in [1.54, 1.807) is 0 Å². The summed E-state index contributed by atoms with van der Waals surface area (Å²) in [6, 6.07) is 0. The maximum atomic E-state index is 15.1. The SMILES string of the molecule is FC(F)(F)C(F)(F)C(F)(F)OC(F)(C(F)(F)F)C(F)(F)OC(F)(C(F)(F)F)C(F)(F)OC(F)(C(F)(F)F)C(F)(OC(F)(F)C(F)(OC(F)(F)C(F)(OC(F)(F)C(F)(F)C(F)(F)F)C(F)(F)F)C(F)(F)F)C(F)(F)F. The van der Waals surface area contributed by atoms with Crippen LogP contribution in [0, 0.1) is 0 Å². The molecule has 0 aliphatic heterocycles. The summed E-state index contributed by atoms with van der Waals surface area (Å²) in [5.41, 5.74) is 0. The third kappa shape index (κ3) is 11.1. The van der Waals surface area contributed by atoms with Crippen LogP contribution in [0.15, 0.2) is 0 Å². The van der Waals surface area contributed by atoms with Crippen LogP contribution in [0.1, 0.15) is 0 Å². The van der Waals surface area contributed by atoms with Crippen molar-refractivity contribution in [1.29, 1.82) is 0 Å². The molecule has 6 nitrogen and oxygen atoms in total. The van der Waals surface area contributed by atoms with Crippen LogP contribution in [0.3, 0.4) is 0 Å². The fourth-order valence-corrected chi connectivity index (χ4v) is 3.52. The van der Waals surface area contributed by atoms with Gasteiger partial charge in [0.1, 0.15) is 0 Å². The minimum absolute atomic E-state index is 0.415. The molecule has 0 saturated carbocycles. The number of hydrogen-bond acceptors (Lipinski definition) is 6. The van der Waals surface area contributed by atoms with Crippen LogP contribution in [0.2, 0.25) is 0 Å². The van der Waals surface area contributed by atoms with Gasteiger partial charge in [-0.25, -0.2) is 0 Å². The van der Waals surface area contributed by atoms with Crippen molar-refractivity contribution >= 4 is 0 Å². The molecule has 0 aliphatic rings. The lowest BCUT2D eigenvalue weighted by Crippen LogP contribution is -2.76. The molecule has 0 aromatic rings. The van der Waals surface area contributed by atoms with E-state index in [1.165, 1.54) is 0 Å². The summed E-state index contributed by atoms with van der Waals surface area (Å²) < 4.78 is 625. The third-order valence-electron chi connectivity index (χ3n) is 7.15. The number of alkyl halides is 46. The highest BCUT2D eigenvalue weighted by Crippen LogP contribution is 2.65. The summed E-state index contributed by atoms with van der Waals surface area (Å²) in [5, 5.41) is 0. The van der Waals surface area contributed by atoms with Gasteiger partial charge < -0.3 is 0 Å². The second-order valence-electron chi connectivity index (χ2n) is 12.4. The Kier molecular flexibility index (Phi) is 17.2. The highest BCUT2D eigenvalue weighted by atomic mass is 19.5. The Hall–Kier alpha value is -3.46. The van der Waals surface area contributed by atoms with E-state index in [4.69, 9.17) is 0 Å². The van der Waals surface area contributed by atoms with Crippen LogP contribution in [-0.4, -0.2) is 133 Å². The van der Waals surface area contributed by atoms with Gasteiger partial charge in [0.05, 0.1) is 0 Å². The monoisotopic (exact) mass is 1230 g/mol. The zero-order valence-corrected chi connectivity index (χ0v) is 30.8. The first-order chi connectivity index (χ1) is 31.0. The number of ether oxygens (including phenoxy) is 6. The van der Waals surface area contributed by atoms with Gasteiger partial charge >= 0.3 is 133 Å². The number of halogens is 46. The first-order valence-electron chi connectivity index (χ1n) is 14.9. The van der Waals surface area contributed by atoms with Gasteiger partial charge in [-0.3, -0.25) is 28.4 Å². The second-order valence-corrected chi connectivity index (χ2v) is 12.4. The Morgan fingerprint density at radius 2 is 0.230 bits per heavy atom. The summed E-state index contributed by atoms with van der Waals surface area (Å²) in [7, 11) is 0.